The molecule has 1 N–H and O–H groups in total. The molecule has 6 heteroatoms. The molecule has 0 radical (unpaired) electrons. The van der Waals surface area contributed by atoms with Crippen molar-refractivity contribution in [3.8, 4) is 0 Å². The molecule has 1 fully saturated rings. The van der Waals surface area contributed by atoms with Gasteiger partial charge in [0.25, 0.3) is 0 Å². The Morgan fingerprint density at radius 1 is 1.30 bits per heavy atom. The van der Waals surface area contributed by atoms with Crippen molar-refractivity contribution in [3.63, 3.8) is 0 Å². The van der Waals surface area contributed by atoms with Crippen LogP contribution in [-0.2, 0) is 16.6 Å². The third-order valence-electron chi connectivity index (χ3n) is 3.47. The summed E-state index contributed by atoms with van der Waals surface area (Å²) in [6, 6.07) is 4.37. The van der Waals surface area contributed by atoms with Crippen molar-refractivity contribution < 1.29 is 8.42 Å². The molecule has 0 aliphatic heterocycles. The number of sulfonamides is 1. The van der Waals surface area contributed by atoms with E-state index in [0.717, 1.165) is 18.5 Å². The summed E-state index contributed by atoms with van der Waals surface area (Å²) in [5, 5.41) is 3.40. The summed E-state index contributed by atoms with van der Waals surface area (Å²) in [6.07, 6.45) is 7.53. The Morgan fingerprint density at radius 3 is 2.65 bits per heavy atom. The Bertz CT molecular complexity index is 500. The van der Waals surface area contributed by atoms with Crippen molar-refractivity contribution in [1.29, 1.82) is 0 Å². The average Bonchev–Trinajstić information content (AvgIpc) is 3.23. The fraction of sp³-hybridized carbons (Fsp3) is 0.643. The molecule has 0 amide bonds. The monoisotopic (exact) mass is 297 g/mol. The molecule has 0 saturated heterocycles. The summed E-state index contributed by atoms with van der Waals surface area (Å²) >= 11 is 0. The second kappa shape index (κ2) is 7.15. The molecule has 5 nitrogen and oxygen atoms in total. The maximum absolute atomic E-state index is 12.1. The molecular weight excluding hydrogens is 274 g/mol. The molecule has 1 aromatic heterocycles. The van der Waals surface area contributed by atoms with E-state index < -0.39 is 10.0 Å². The van der Waals surface area contributed by atoms with Crippen molar-refractivity contribution >= 4 is 10.0 Å². The topological polar surface area (TPSA) is 62.3 Å². The first kappa shape index (κ1) is 15.4. The molecule has 1 aliphatic rings. The standard InChI is InChI=1S/C14H23N3O2S/c1-17(12-13-6-9-15-10-7-13)20(18,19)11-3-2-8-16-14-4-5-14/h6-7,9-10,14,16H,2-5,8,11-12H2,1H3. The quantitative estimate of drug-likeness (QED) is 0.699. The first-order valence-corrected chi connectivity index (χ1v) is 8.75. The van der Waals surface area contributed by atoms with Crippen LogP contribution in [0.4, 0.5) is 0 Å². The van der Waals surface area contributed by atoms with Crippen LogP contribution in [0, 0.1) is 0 Å². The van der Waals surface area contributed by atoms with Crippen LogP contribution >= 0.6 is 0 Å². The van der Waals surface area contributed by atoms with E-state index in [0.29, 0.717) is 19.0 Å². The summed E-state index contributed by atoms with van der Waals surface area (Å²) in [6.45, 7) is 1.33. The highest BCUT2D eigenvalue weighted by atomic mass is 32.2. The summed E-state index contributed by atoms with van der Waals surface area (Å²) in [4.78, 5) is 3.93. The zero-order valence-electron chi connectivity index (χ0n) is 12.0. The Kier molecular flexibility index (Phi) is 5.51. The van der Waals surface area contributed by atoms with Gasteiger partial charge in [-0.1, -0.05) is 0 Å². The van der Waals surface area contributed by atoms with Gasteiger partial charge in [0.15, 0.2) is 0 Å². The molecule has 1 heterocycles. The number of pyridine rings is 1. The smallest absolute Gasteiger partial charge is 0.214 e. The van der Waals surface area contributed by atoms with E-state index in [1.54, 1.807) is 19.4 Å². The largest absolute Gasteiger partial charge is 0.314 e. The van der Waals surface area contributed by atoms with Crippen molar-refractivity contribution in [1.82, 2.24) is 14.6 Å². The lowest BCUT2D eigenvalue weighted by Gasteiger charge is -2.17. The second-order valence-electron chi connectivity index (χ2n) is 5.36. The summed E-state index contributed by atoms with van der Waals surface area (Å²) in [5.41, 5.74) is 0.960. The SMILES string of the molecule is CN(Cc1ccncc1)S(=O)(=O)CCCCNC1CC1. The van der Waals surface area contributed by atoms with Crippen LogP contribution in [0.5, 0.6) is 0 Å². The van der Waals surface area contributed by atoms with Gasteiger partial charge in [0.05, 0.1) is 5.75 Å². The molecule has 1 aliphatic carbocycles. The molecular formula is C14H23N3O2S. The molecule has 0 aromatic carbocycles. The number of unbranched alkanes of at least 4 members (excludes halogenated alkanes) is 1. The van der Waals surface area contributed by atoms with E-state index in [2.05, 4.69) is 10.3 Å². The van der Waals surface area contributed by atoms with Gasteiger partial charge in [-0.05, 0) is 49.9 Å². The fourth-order valence-corrected chi connectivity index (χ4v) is 3.23. The zero-order chi connectivity index (χ0) is 14.4. The predicted octanol–water partition coefficient (Wildman–Crippen LogP) is 1.38. The average molecular weight is 297 g/mol. The second-order valence-corrected chi connectivity index (χ2v) is 7.56. The van der Waals surface area contributed by atoms with Gasteiger partial charge < -0.3 is 5.32 Å². The van der Waals surface area contributed by atoms with Crippen LogP contribution in [0.3, 0.4) is 0 Å². The van der Waals surface area contributed by atoms with Gasteiger partial charge >= 0.3 is 0 Å². The summed E-state index contributed by atoms with van der Waals surface area (Å²) < 4.78 is 25.7. The van der Waals surface area contributed by atoms with Gasteiger partial charge in [-0.3, -0.25) is 4.98 Å². The zero-order valence-corrected chi connectivity index (χ0v) is 12.8. The van der Waals surface area contributed by atoms with Crippen LogP contribution < -0.4 is 5.32 Å². The first-order valence-electron chi connectivity index (χ1n) is 7.14. The minimum absolute atomic E-state index is 0.223. The van der Waals surface area contributed by atoms with E-state index in [9.17, 15) is 8.42 Å². The van der Waals surface area contributed by atoms with Crippen LogP contribution in [0.25, 0.3) is 0 Å². The lowest BCUT2D eigenvalue weighted by atomic mass is 10.3. The van der Waals surface area contributed by atoms with E-state index >= 15 is 0 Å². The third-order valence-corrected chi connectivity index (χ3v) is 5.35. The number of aromatic nitrogens is 1. The molecule has 1 saturated carbocycles. The Balaban J connectivity index is 1.70. The molecule has 0 spiro atoms. The first-order chi connectivity index (χ1) is 9.58. The van der Waals surface area contributed by atoms with Gasteiger partial charge in [0.1, 0.15) is 0 Å². The Morgan fingerprint density at radius 2 is 2.00 bits per heavy atom. The van der Waals surface area contributed by atoms with Gasteiger partial charge in [0.2, 0.25) is 10.0 Å². The van der Waals surface area contributed by atoms with Crippen LogP contribution in [0.15, 0.2) is 24.5 Å². The predicted molar refractivity (Wildman–Crippen MR) is 79.7 cm³/mol. The van der Waals surface area contributed by atoms with Crippen molar-refractivity contribution in [3.05, 3.63) is 30.1 Å². The lowest BCUT2D eigenvalue weighted by molar-refractivity contribution is 0.464. The molecule has 20 heavy (non-hydrogen) atoms. The third kappa shape index (κ3) is 5.19. The maximum Gasteiger partial charge on any atom is 0.214 e. The lowest BCUT2D eigenvalue weighted by Crippen LogP contribution is -2.29. The molecule has 2 rings (SSSR count). The maximum atomic E-state index is 12.1. The van der Waals surface area contributed by atoms with E-state index in [-0.39, 0.29) is 5.75 Å². The number of rotatable bonds is 9. The highest BCUT2D eigenvalue weighted by Gasteiger charge is 2.20. The van der Waals surface area contributed by atoms with Crippen LogP contribution in [0.1, 0.15) is 31.2 Å². The van der Waals surface area contributed by atoms with E-state index in [1.165, 1.54) is 17.1 Å². The molecule has 0 bridgehead atoms. The molecule has 0 atom stereocenters. The van der Waals surface area contributed by atoms with Gasteiger partial charge in [0, 0.05) is 32.0 Å². The Labute approximate surface area is 121 Å². The minimum Gasteiger partial charge on any atom is -0.314 e. The summed E-state index contributed by atoms with van der Waals surface area (Å²) in [7, 11) is -1.52. The highest BCUT2D eigenvalue weighted by Crippen LogP contribution is 2.18. The number of hydrogen-bond donors (Lipinski definition) is 1. The number of nitrogens with one attached hydrogen (secondary N) is 1. The molecule has 0 unspecified atom stereocenters. The van der Waals surface area contributed by atoms with Gasteiger partial charge in [-0.25, -0.2) is 12.7 Å². The van der Waals surface area contributed by atoms with Crippen LogP contribution in [-0.4, -0.2) is 43.1 Å². The Hall–Kier alpha value is -0.980. The molecule has 112 valence electrons. The van der Waals surface area contributed by atoms with Crippen LogP contribution in [0.2, 0.25) is 0 Å². The minimum atomic E-state index is -3.16. The van der Waals surface area contributed by atoms with Gasteiger partial charge in [-0.2, -0.15) is 0 Å². The highest BCUT2D eigenvalue weighted by molar-refractivity contribution is 7.89. The van der Waals surface area contributed by atoms with E-state index in [4.69, 9.17) is 0 Å². The summed E-state index contributed by atoms with van der Waals surface area (Å²) in [5.74, 6) is 0.223. The van der Waals surface area contributed by atoms with Gasteiger partial charge in [-0.15, -0.1) is 0 Å². The number of hydrogen-bond acceptors (Lipinski definition) is 4. The number of nitrogens with zero attached hydrogens (tertiary/aromatic N) is 2. The normalized spacial score (nSPS) is 15.7. The van der Waals surface area contributed by atoms with E-state index in [1.807, 2.05) is 12.1 Å². The van der Waals surface area contributed by atoms with Crippen molar-refractivity contribution in [2.45, 2.75) is 38.3 Å². The molecule has 1 aromatic rings. The van der Waals surface area contributed by atoms with Crippen molar-refractivity contribution in [2.24, 2.45) is 0 Å². The fourth-order valence-electron chi connectivity index (χ4n) is 2.00. The van der Waals surface area contributed by atoms with Crippen molar-refractivity contribution in [2.75, 3.05) is 19.3 Å².